The SMILES string of the molecule is O=C(CCNCc1cc(Br)ccc1[N+](=O)[O-])NC1CC1. The van der Waals surface area contributed by atoms with E-state index in [0.29, 0.717) is 31.1 Å². The van der Waals surface area contributed by atoms with Crippen LogP contribution in [0.2, 0.25) is 0 Å². The molecule has 20 heavy (non-hydrogen) atoms. The van der Waals surface area contributed by atoms with E-state index in [9.17, 15) is 14.9 Å². The minimum Gasteiger partial charge on any atom is -0.353 e. The number of carbonyl (C=O) groups is 1. The lowest BCUT2D eigenvalue weighted by Gasteiger charge is -2.07. The van der Waals surface area contributed by atoms with Crippen molar-refractivity contribution < 1.29 is 9.72 Å². The predicted molar refractivity (Wildman–Crippen MR) is 78.3 cm³/mol. The second kappa shape index (κ2) is 6.81. The first-order chi connectivity index (χ1) is 9.56. The van der Waals surface area contributed by atoms with Gasteiger partial charge in [-0.3, -0.25) is 14.9 Å². The summed E-state index contributed by atoms with van der Waals surface area (Å²) in [5.74, 6) is 0.0312. The van der Waals surface area contributed by atoms with Gasteiger partial charge in [0.15, 0.2) is 0 Å². The average Bonchev–Trinajstić information content (AvgIpc) is 3.18. The number of halogens is 1. The second-order valence-corrected chi connectivity index (χ2v) is 5.71. The summed E-state index contributed by atoms with van der Waals surface area (Å²) in [6, 6.07) is 5.20. The van der Waals surface area contributed by atoms with Gasteiger partial charge in [-0.25, -0.2) is 0 Å². The Morgan fingerprint density at radius 2 is 2.20 bits per heavy atom. The first kappa shape index (κ1) is 14.9. The maximum absolute atomic E-state index is 11.5. The van der Waals surface area contributed by atoms with Crippen LogP contribution >= 0.6 is 15.9 Å². The van der Waals surface area contributed by atoms with Crippen LogP contribution in [0.25, 0.3) is 0 Å². The zero-order valence-corrected chi connectivity index (χ0v) is 12.5. The van der Waals surface area contributed by atoms with E-state index in [1.54, 1.807) is 12.1 Å². The summed E-state index contributed by atoms with van der Waals surface area (Å²) < 4.78 is 0.798. The number of rotatable bonds is 7. The molecule has 2 rings (SSSR count). The molecular formula is C13H16BrN3O3. The van der Waals surface area contributed by atoms with Gasteiger partial charge in [-0.05, 0) is 25.0 Å². The molecule has 1 saturated carbocycles. The van der Waals surface area contributed by atoms with Crippen molar-refractivity contribution in [1.82, 2.24) is 10.6 Å². The van der Waals surface area contributed by atoms with Gasteiger partial charge in [-0.2, -0.15) is 0 Å². The Balaban J connectivity index is 1.79. The van der Waals surface area contributed by atoms with Crippen molar-refractivity contribution in [3.05, 3.63) is 38.3 Å². The standard InChI is InChI=1S/C13H16BrN3O3/c14-10-1-4-12(17(19)20)9(7-10)8-15-6-5-13(18)16-11-2-3-11/h1,4,7,11,15H,2-3,5-6,8H2,(H,16,18). The molecule has 7 heteroatoms. The summed E-state index contributed by atoms with van der Waals surface area (Å²) >= 11 is 3.30. The van der Waals surface area contributed by atoms with Crippen LogP contribution in [0.3, 0.4) is 0 Å². The summed E-state index contributed by atoms with van der Waals surface area (Å²) in [7, 11) is 0. The van der Waals surface area contributed by atoms with E-state index < -0.39 is 4.92 Å². The van der Waals surface area contributed by atoms with Gasteiger partial charge in [0.1, 0.15) is 0 Å². The van der Waals surface area contributed by atoms with Crippen molar-refractivity contribution in [2.45, 2.75) is 31.8 Å². The number of nitrogens with one attached hydrogen (secondary N) is 2. The number of hydrogen-bond acceptors (Lipinski definition) is 4. The molecule has 0 atom stereocenters. The Morgan fingerprint density at radius 3 is 2.85 bits per heavy atom. The summed E-state index contributed by atoms with van der Waals surface area (Å²) in [5.41, 5.74) is 0.690. The minimum atomic E-state index is -0.400. The van der Waals surface area contributed by atoms with Crippen LogP contribution in [-0.2, 0) is 11.3 Å². The molecule has 0 bridgehead atoms. The topological polar surface area (TPSA) is 84.3 Å². The van der Waals surface area contributed by atoms with E-state index in [1.165, 1.54) is 6.07 Å². The molecule has 1 aliphatic carbocycles. The summed E-state index contributed by atoms with van der Waals surface area (Å²) in [6.07, 6.45) is 2.53. The largest absolute Gasteiger partial charge is 0.353 e. The number of hydrogen-bond donors (Lipinski definition) is 2. The fraction of sp³-hybridized carbons (Fsp3) is 0.462. The summed E-state index contributed by atoms with van der Waals surface area (Å²) in [5, 5.41) is 16.9. The highest BCUT2D eigenvalue weighted by atomic mass is 79.9. The highest BCUT2D eigenvalue weighted by Gasteiger charge is 2.22. The lowest BCUT2D eigenvalue weighted by molar-refractivity contribution is -0.385. The zero-order valence-electron chi connectivity index (χ0n) is 10.9. The van der Waals surface area contributed by atoms with E-state index >= 15 is 0 Å². The monoisotopic (exact) mass is 341 g/mol. The molecule has 0 aromatic heterocycles. The molecule has 0 aliphatic heterocycles. The molecular weight excluding hydrogens is 326 g/mol. The first-order valence-corrected chi connectivity index (χ1v) is 7.28. The maximum Gasteiger partial charge on any atom is 0.273 e. The quantitative estimate of drug-likeness (QED) is 0.452. The molecule has 1 aromatic rings. The molecule has 1 aliphatic rings. The second-order valence-electron chi connectivity index (χ2n) is 4.80. The van der Waals surface area contributed by atoms with Crippen LogP contribution in [0.1, 0.15) is 24.8 Å². The van der Waals surface area contributed by atoms with Crippen LogP contribution in [0, 0.1) is 10.1 Å². The molecule has 0 radical (unpaired) electrons. The van der Waals surface area contributed by atoms with E-state index in [-0.39, 0.29) is 11.6 Å². The van der Waals surface area contributed by atoms with Gasteiger partial charge in [0.05, 0.1) is 4.92 Å². The van der Waals surface area contributed by atoms with Gasteiger partial charge in [-0.1, -0.05) is 15.9 Å². The predicted octanol–water partition coefficient (Wildman–Crippen LogP) is 2.12. The number of nitro benzene ring substituents is 1. The number of carbonyl (C=O) groups excluding carboxylic acids is 1. The molecule has 2 N–H and O–H groups in total. The smallest absolute Gasteiger partial charge is 0.273 e. The third kappa shape index (κ3) is 4.57. The fourth-order valence-electron chi connectivity index (χ4n) is 1.83. The van der Waals surface area contributed by atoms with Crippen LogP contribution in [0.4, 0.5) is 5.69 Å². The molecule has 0 heterocycles. The van der Waals surface area contributed by atoms with E-state index in [2.05, 4.69) is 26.6 Å². The third-order valence-electron chi connectivity index (χ3n) is 3.02. The van der Waals surface area contributed by atoms with E-state index in [1.807, 2.05) is 0 Å². The van der Waals surface area contributed by atoms with Gasteiger partial charge in [0.2, 0.25) is 5.91 Å². The van der Waals surface area contributed by atoms with Crippen molar-refractivity contribution >= 4 is 27.5 Å². The highest BCUT2D eigenvalue weighted by Crippen LogP contribution is 2.22. The molecule has 0 unspecified atom stereocenters. The van der Waals surface area contributed by atoms with Gasteiger partial charge in [0.25, 0.3) is 5.69 Å². The first-order valence-electron chi connectivity index (χ1n) is 6.49. The molecule has 1 aromatic carbocycles. The van der Waals surface area contributed by atoms with Gasteiger partial charge in [-0.15, -0.1) is 0 Å². The van der Waals surface area contributed by atoms with Gasteiger partial charge < -0.3 is 10.6 Å². The van der Waals surface area contributed by atoms with Crippen molar-refractivity contribution in [3.8, 4) is 0 Å². The van der Waals surface area contributed by atoms with Crippen molar-refractivity contribution in [1.29, 1.82) is 0 Å². The molecule has 108 valence electrons. The van der Waals surface area contributed by atoms with Crippen molar-refractivity contribution in [2.24, 2.45) is 0 Å². The summed E-state index contributed by atoms with van der Waals surface area (Å²) in [6.45, 7) is 0.870. The molecule has 1 fully saturated rings. The summed E-state index contributed by atoms with van der Waals surface area (Å²) in [4.78, 5) is 22.0. The van der Waals surface area contributed by atoms with Crippen LogP contribution in [0.15, 0.2) is 22.7 Å². The Kier molecular flexibility index (Phi) is 5.08. The van der Waals surface area contributed by atoms with E-state index in [0.717, 1.165) is 17.3 Å². The number of nitro groups is 1. The Labute approximate surface area is 125 Å². The Bertz CT molecular complexity index is 518. The average molecular weight is 342 g/mol. The minimum absolute atomic E-state index is 0.0312. The zero-order chi connectivity index (χ0) is 14.5. The van der Waals surface area contributed by atoms with Crippen LogP contribution in [-0.4, -0.2) is 23.4 Å². The number of benzene rings is 1. The highest BCUT2D eigenvalue weighted by molar-refractivity contribution is 9.10. The fourth-order valence-corrected chi connectivity index (χ4v) is 2.23. The molecule has 6 nitrogen and oxygen atoms in total. The van der Waals surface area contributed by atoms with Crippen LogP contribution in [0.5, 0.6) is 0 Å². The number of nitrogens with zero attached hydrogens (tertiary/aromatic N) is 1. The number of amides is 1. The van der Waals surface area contributed by atoms with E-state index in [4.69, 9.17) is 0 Å². The van der Waals surface area contributed by atoms with Gasteiger partial charge in [0, 0.05) is 41.7 Å². The van der Waals surface area contributed by atoms with Crippen molar-refractivity contribution in [2.75, 3.05) is 6.54 Å². The van der Waals surface area contributed by atoms with Gasteiger partial charge >= 0.3 is 0 Å². The Hall–Kier alpha value is -1.47. The molecule has 0 saturated heterocycles. The molecule has 1 amide bonds. The third-order valence-corrected chi connectivity index (χ3v) is 3.52. The lowest BCUT2D eigenvalue weighted by Crippen LogP contribution is -2.29. The normalized spacial score (nSPS) is 14.1. The van der Waals surface area contributed by atoms with Crippen molar-refractivity contribution in [3.63, 3.8) is 0 Å². The van der Waals surface area contributed by atoms with Crippen LogP contribution < -0.4 is 10.6 Å². The maximum atomic E-state index is 11.5. The Morgan fingerprint density at radius 1 is 1.45 bits per heavy atom. The lowest BCUT2D eigenvalue weighted by atomic mass is 10.2. The molecule has 0 spiro atoms.